The number of nitrogens with one attached hydrogen (secondary N) is 2. The van der Waals surface area contributed by atoms with Crippen LogP contribution in [0.2, 0.25) is 0 Å². The quantitative estimate of drug-likeness (QED) is 0.474. The van der Waals surface area contributed by atoms with Crippen molar-refractivity contribution in [3.8, 4) is 0 Å². The molecule has 154 valence electrons. The van der Waals surface area contributed by atoms with Crippen LogP contribution in [0.1, 0.15) is 21.9 Å². The number of amides is 1. The number of para-hydroxylation sites is 2. The van der Waals surface area contributed by atoms with Crippen molar-refractivity contribution in [1.82, 2.24) is 19.6 Å². The van der Waals surface area contributed by atoms with Crippen molar-refractivity contribution in [3.05, 3.63) is 84.1 Å². The molecule has 4 rings (SSSR count). The fraction of sp³-hybridized carbons (Fsp3) is 0.143. The predicted molar refractivity (Wildman–Crippen MR) is 111 cm³/mol. The highest BCUT2D eigenvalue weighted by atomic mass is 32.2. The summed E-state index contributed by atoms with van der Waals surface area (Å²) in [5.74, 6) is 0.928. The number of imidazole rings is 1. The van der Waals surface area contributed by atoms with E-state index in [0.717, 1.165) is 16.9 Å². The molecule has 0 aliphatic carbocycles. The summed E-state index contributed by atoms with van der Waals surface area (Å²) in [5.41, 5.74) is 2.21. The van der Waals surface area contributed by atoms with Gasteiger partial charge in [-0.25, -0.2) is 18.1 Å². The van der Waals surface area contributed by atoms with E-state index in [0.29, 0.717) is 11.3 Å². The number of hydrogen-bond donors (Lipinski definition) is 2. The first-order chi connectivity index (χ1) is 14.4. The number of carbonyl (C=O) groups is 1. The van der Waals surface area contributed by atoms with Gasteiger partial charge in [0.2, 0.25) is 10.0 Å². The monoisotopic (exact) mass is 424 g/mol. The number of hydrogen-bond acceptors (Lipinski definition) is 5. The van der Waals surface area contributed by atoms with E-state index < -0.39 is 10.0 Å². The summed E-state index contributed by atoms with van der Waals surface area (Å²) in [4.78, 5) is 17.1. The fourth-order valence-corrected chi connectivity index (χ4v) is 4.06. The largest absolute Gasteiger partial charge is 0.468 e. The van der Waals surface area contributed by atoms with E-state index in [-0.39, 0.29) is 23.9 Å². The number of aromatic nitrogens is 2. The van der Waals surface area contributed by atoms with E-state index in [2.05, 4.69) is 15.0 Å². The molecule has 4 aromatic rings. The Balaban J connectivity index is 1.40. The number of carbonyl (C=O) groups excluding carboxylic acids is 1. The van der Waals surface area contributed by atoms with Gasteiger partial charge in [0, 0.05) is 12.6 Å². The Morgan fingerprint density at radius 1 is 1.03 bits per heavy atom. The van der Waals surface area contributed by atoms with Crippen molar-refractivity contribution in [1.29, 1.82) is 0 Å². The lowest BCUT2D eigenvalue weighted by Gasteiger charge is -2.08. The van der Waals surface area contributed by atoms with Crippen LogP contribution in [0.4, 0.5) is 0 Å². The lowest BCUT2D eigenvalue weighted by Crippen LogP contribution is -2.25. The Bertz CT molecular complexity index is 1280. The molecule has 0 aliphatic heterocycles. The van der Waals surface area contributed by atoms with Gasteiger partial charge in [0.1, 0.15) is 11.6 Å². The first-order valence-electron chi connectivity index (χ1n) is 9.25. The van der Waals surface area contributed by atoms with Gasteiger partial charge in [-0.2, -0.15) is 0 Å². The molecular formula is C21H20N4O4S. The highest BCUT2D eigenvalue weighted by molar-refractivity contribution is 7.89. The zero-order valence-corrected chi connectivity index (χ0v) is 17.0. The number of benzene rings is 2. The molecule has 2 aromatic carbocycles. The summed E-state index contributed by atoms with van der Waals surface area (Å²) in [5, 5.41) is 2.82. The molecule has 30 heavy (non-hydrogen) atoms. The number of furan rings is 1. The van der Waals surface area contributed by atoms with E-state index in [4.69, 9.17) is 4.42 Å². The molecule has 0 fully saturated rings. The van der Waals surface area contributed by atoms with Gasteiger partial charge < -0.3 is 14.3 Å². The maximum absolute atomic E-state index is 12.5. The van der Waals surface area contributed by atoms with Gasteiger partial charge in [-0.15, -0.1) is 0 Å². The maximum Gasteiger partial charge on any atom is 0.251 e. The zero-order chi connectivity index (χ0) is 21.1. The maximum atomic E-state index is 12.5. The van der Waals surface area contributed by atoms with E-state index in [1.165, 1.54) is 30.5 Å². The van der Waals surface area contributed by atoms with Gasteiger partial charge in [0.15, 0.2) is 0 Å². The molecule has 2 aromatic heterocycles. The van der Waals surface area contributed by atoms with Crippen LogP contribution in [0.25, 0.3) is 11.0 Å². The number of aryl methyl sites for hydroxylation is 1. The normalized spacial score (nSPS) is 11.6. The average Bonchev–Trinajstić information content (AvgIpc) is 3.39. The van der Waals surface area contributed by atoms with Gasteiger partial charge in [0.25, 0.3) is 5.91 Å². The molecule has 8 nitrogen and oxygen atoms in total. The van der Waals surface area contributed by atoms with Gasteiger partial charge >= 0.3 is 0 Å². The number of sulfonamides is 1. The molecule has 0 spiro atoms. The summed E-state index contributed by atoms with van der Waals surface area (Å²) in [7, 11) is -1.81. The molecule has 0 unspecified atom stereocenters. The van der Waals surface area contributed by atoms with E-state index in [1.807, 2.05) is 35.9 Å². The Kier molecular flexibility index (Phi) is 5.39. The van der Waals surface area contributed by atoms with Crippen LogP contribution in [0.5, 0.6) is 0 Å². The lowest BCUT2D eigenvalue weighted by molar-refractivity contribution is 0.0949. The molecule has 0 saturated heterocycles. The van der Waals surface area contributed by atoms with Crippen LogP contribution in [-0.4, -0.2) is 23.9 Å². The summed E-state index contributed by atoms with van der Waals surface area (Å²) >= 11 is 0. The Labute approximate surface area is 173 Å². The van der Waals surface area contributed by atoms with Crippen LogP contribution in [-0.2, 0) is 30.2 Å². The average molecular weight is 424 g/mol. The van der Waals surface area contributed by atoms with Crippen LogP contribution < -0.4 is 10.0 Å². The van der Waals surface area contributed by atoms with Crippen molar-refractivity contribution in [2.75, 3.05) is 0 Å². The van der Waals surface area contributed by atoms with Gasteiger partial charge in [0.05, 0.1) is 35.3 Å². The standard InChI is InChI=1S/C21H20N4O4S/c1-25-19-7-3-2-6-18(19)24-20(25)14-22-21(26)15-8-10-17(11-9-15)30(27,28)23-13-16-5-4-12-29-16/h2-12,23H,13-14H2,1H3,(H,22,26). The van der Waals surface area contributed by atoms with Crippen molar-refractivity contribution in [2.24, 2.45) is 7.05 Å². The second-order valence-electron chi connectivity index (χ2n) is 6.69. The van der Waals surface area contributed by atoms with Crippen LogP contribution in [0.15, 0.2) is 76.2 Å². The summed E-state index contributed by atoms with van der Waals surface area (Å²) < 4.78 is 34.3. The van der Waals surface area contributed by atoms with Crippen LogP contribution >= 0.6 is 0 Å². The minimum atomic E-state index is -3.71. The summed E-state index contributed by atoms with van der Waals surface area (Å²) in [6, 6.07) is 16.8. The van der Waals surface area contributed by atoms with Crippen molar-refractivity contribution in [3.63, 3.8) is 0 Å². The minimum absolute atomic E-state index is 0.0512. The molecule has 0 radical (unpaired) electrons. The second kappa shape index (κ2) is 8.13. The topological polar surface area (TPSA) is 106 Å². The first kappa shape index (κ1) is 19.9. The highest BCUT2D eigenvalue weighted by Gasteiger charge is 2.16. The Morgan fingerprint density at radius 2 is 1.80 bits per heavy atom. The fourth-order valence-electron chi connectivity index (χ4n) is 3.06. The van der Waals surface area contributed by atoms with Gasteiger partial charge in [-0.1, -0.05) is 12.1 Å². The van der Waals surface area contributed by atoms with E-state index >= 15 is 0 Å². The number of rotatable bonds is 7. The molecule has 9 heteroatoms. The SMILES string of the molecule is Cn1c(CNC(=O)c2ccc(S(=O)(=O)NCc3ccco3)cc2)nc2ccccc21. The number of fused-ring (bicyclic) bond motifs is 1. The molecule has 0 aliphatic rings. The van der Waals surface area contributed by atoms with Crippen molar-refractivity contribution in [2.45, 2.75) is 18.0 Å². The third-order valence-electron chi connectivity index (χ3n) is 4.73. The molecule has 2 N–H and O–H groups in total. The van der Waals surface area contributed by atoms with E-state index in [1.54, 1.807) is 12.1 Å². The Hall–Kier alpha value is -3.43. The zero-order valence-electron chi connectivity index (χ0n) is 16.2. The van der Waals surface area contributed by atoms with Crippen molar-refractivity contribution < 1.29 is 17.6 Å². The van der Waals surface area contributed by atoms with Crippen LogP contribution in [0.3, 0.4) is 0 Å². The lowest BCUT2D eigenvalue weighted by atomic mass is 10.2. The molecule has 0 atom stereocenters. The second-order valence-corrected chi connectivity index (χ2v) is 8.45. The molecule has 0 saturated carbocycles. The van der Waals surface area contributed by atoms with Crippen LogP contribution in [0, 0.1) is 0 Å². The first-order valence-corrected chi connectivity index (χ1v) is 10.7. The molecular weight excluding hydrogens is 404 g/mol. The highest BCUT2D eigenvalue weighted by Crippen LogP contribution is 2.15. The van der Waals surface area contributed by atoms with Gasteiger partial charge in [-0.3, -0.25) is 4.79 Å². The molecule has 2 heterocycles. The van der Waals surface area contributed by atoms with E-state index in [9.17, 15) is 13.2 Å². The van der Waals surface area contributed by atoms with Crippen molar-refractivity contribution >= 4 is 27.0 Å². The van der Waals surface area contributed by atoms with Gasteiger partial charge in [-0.05, 0) is 48.5 Å². The minimum Gasteiger partial charge on any atom is -0.468 e. The smallest absolute Gasteiger partial charge is 0.251 e. The summed E-state index contributed by atoms with van der Waals surface area (Å²) in [6.07, 6.45) is 1.48. The number of nitrogens with zero attached hydrogens (tertiary/aromatic N) is 2. The Morgan fingerprint density at radius 3 is 2.50 bits per heavy atom. The summed E-state index contributed by atoms with van der Waals surface area (Å²) in [6.45, 7) is 0.310. The predicted octanol–water partition coefficient (Wildman–Crippen LogP) is 2.57. The molecule has 0 bridgehead atoms. The molecule has 1 amide bonds. The third-order valence-corrected chi connectivity index (χ3v) is 6.15. The third kappa shape index (κ3) is 4.12.